The second-order valence-electron chi connectivity index (χ2n) is 6.03. The largest absolute Gasteiger partial charge is 0.494 e. The molecule has 24 heavy (non-hydrogen) atoms. The van der Waals surface area contributed by atoms with Crippen LogP contribution < -0.4 is 15.8 Å². The summed E-state index contributed by atoms with van der Waals surface area (Å²) in [4.78, 5) is 16.4. The van der Waals surface area contributed by atoms with Gasteiger partial charge in [-0.2, -0.15) is 0 Å². The molecule has 0 aliphatic carbocycles. The van der Waals surface area contributed by atoms with Crippen molar-refractivity contribution in [3.63, 3.8) is 0 Å². The average Bonchev–Trinajstić information content (AvgIpc) is 3.03. The molecular formula is C18H25N3O3. The van der Waals surface area contributed by atoms with Gasteiger partial charge in [0.05, 0.1) is 12.6 Å². The fourth-order valence-electron chi connectivity index (χ4n) is 2.38. The van der Waals surface area contributed by atoms with Crippen molar-refractivity contribution in [1.29, 1.82) is 0 Å². The molecule has 0 saturated carbocycles. The third kappa shape index (κ3) is 4.83. The molecule has 0 spiro atoms. The van der Waals surface area contributed by atoms with E-state index in [2.05, 4.69) is 24.1 Å². The number of rotatable bonds is 8. The van der Waals surface area contributed by atoms with Crippen LogP contribution in [0.25, 0.3) is 0 Å². The van der Waals surface area contributed by atoms with Crippen molar-refractivity contribution in [3.05, 3.63) is 47.7 Å². The number of carbonyl (C=O) groups is 1. The van der Waals surface area contributed by atoms with E-state index in [1.807, 2.05) is 31.2 Å². The third-order valence-electron chi connectivity index (χ3n) is 3.51. The van der Waals surface area contributed by atoms with Crippen molar-refractivity contribution >= 4 is 5.91 Å². The lowest BCUT2D eigenvalue weighted by Crippen LogP contribution is -2.23. The van der Waals surface area contributed by atoms with E-state index in [0.717, 1.165) is 17.7 Å². The van der Waals surface area contributed by atoms with E-state index >= 15 is 0 Å². The van der Waals surface area contributed by atoms with E-state index in [-0.39, 0.29) is 17.6 Å². The van der Waals surface area contributed by atoms with Crippen LogP contribution in [0.5, 0.6) is 5.75 Å². The lowest BCUT2D eigenvalue weighted by molar-refractivity contribution is 0.0945. The first-order chi connectivity index (χ1) is 11.5. The maximum absolute atomic E-state index is 12.2. The molecule has 0 aliphatic heterocycles. The van der Waals surface area contributed by atoms with E-state index in [1.54, 1.807) is 0 Å². The first-order valence-corrected chi connectivity index (χ1v) is 8.21. The smallest absolute Gasteiger partial charge is 0.273 e. The molecule has 3 N–H and O–H groups in total. The Morgan fingerprint density at radius 3 is 2.83 bits per heavy atom. The minimum absolute atomic E-state index is 0.234. The molecule has 1 aromatic heterocycles. The monoisotopic (exact) mass is 331 g/mol. The van der Waals surface area contributed by atoms with Gasteiger partial charge in [-0.25, -0.2) is 4.98 Å². The maximum Gasteiger partial charge on any atom is 0.273 e. The molecule has 1 heterocycles. The molecule has 6 heteroatoms. The molecule has 0 radical (unpaired) electrons. The van der Waals surface area contributed by atoms with E-state index in [0.29, 0.717) is 25.0 Å². The van der Waals surface area contributed by atoms with Crippen molar-refractivity contribution in [1.82, 2.24) is 10.3 Å². The lowest BCUT2D eigenvalue weighted by Gasteiger charge is -2.10. The van der Waals surface area contributed by atoms with Gasteiger partial charge in [0.1, 0.15) is 12.0 Å². The van der Waals surface area contributed by atoms with Gasteiger partial charge in [0, 0.05) is 12.1 Å². The van der Waals surface area contributed by atoms with Gasteiger partial charge in [0.2, 0.25) is 5.89 Å². The summed E-state index contributed by atoms with van der Waals surface area (Å²) in [6.07, 6.45) is 2.10. The summed E-state index contributed by atoms with van der Waals surface area (Å²) in [6.45, 7) is 7.01. The highest BCUT2D eigenvalue weighted by Crippen LogP contribution is 2.19. The minimum atomic E-state index is -0.301. The summed E-state index contributed by atoms with van der Waals surface area (Å²) in [5.41, 5.74) is 7.17. The second kappa shape index (κ2) is 8.49. The van der Waals surface area contributed by atoms with Crippen LogP contribution in [-0.4, -0.2) is 17.5 Å². The molecule has 6 nitrogen and oxygen atoms in total. The van der Waals surface area contributed by atoms with Crippen LogP contribution in [-0.2, 0) is 6.54 Å². The number of nitrogens with one attached hydrogen (secondary N) is 1. The molecule has 2 aromatic rings. The van der Waals surface area contributed by atoms with Crippen LogP contribution >= 0.6 is 0 Å². The van der Waals surface area contributed by atoms with Gasteiger partial charge in [-0.15, -0.1) is 0 Å². The molecular weight excluding hydrogens is 306 g/mol. The maximum atomic E-state index is 12.2. The zero-order valence-corrected chi connectivity index (χ0v) is 14.4. The van der Waals surface area contributed by atoms with Crippen molar-refractivity contribution in [3.8, 4) is 5.75 Å². The number of amides is 1. The van der Waals surface area contributed by atoms with E-state index in [9.17, 15) is 4.79 Å². The van der Waals surface area contributed by atoms with Crippen molar-refractivity contribution in [2.45, 2.75) is 39.8 Å². The Morgan fingerprint density at radius 1 is 1.38 bits per heavy atom. The number of hydrogen-bond donors (Lipinski definition) is 2. The fourth-order valence-corrected chi connectivity index (χ4v) is 2.38. The summed E-state index contributed by atoms with van der Waals surface area (Å²) in [5, 5.41) is 2.82. The van der Waals surface area contributed by atoms with Gasteiger partial charge in [-0.05, 0) is 25.3 Å². The number of hydrogen-bond acceptors (Lipinski definition) is 5. The van der Waals surface area contributed by atoms with Crippen molar-refractivity contribution in [2.24, 2.45) is 11.7 Å². The van der Waals surface area contributed by atoms with Crippen LogP contribution in [0.2, 0.25) is 0 Å². The normalized spacial score (nSPS) is 12.2. The van der Waals surface area contributed by atoms with Crippen LogP contribution in [0.1, 0.15) is 55.2 Å². The molecule has 1 aromatic carbocycles. The minimum Gasteiger partial charge on any atom is -0.494 e. The Kier molecular flexibility index (Phi) is 6.37. The number of carbonyl (C=O) groups excluding carboxylic acids is 1. The molecule has 2 rings (SSSR count). The highest BCUT2D eigenvalue weighted by molar-refractivity contribution is 5.91. The Labute approximate surface area is 142 Å². The standard InChI is InChI=1S/C18H25N3O3/c1-4-23-16-8-6-5-7-13(16)10-20-17(22)15-11-24-18(21-15)14(19)9-12(2)3/h5-8,11-12,14H,4,9-10,19H2,1-3H3,(H,20,22). The number of benzene rings is 1. The SMILES string of the molecule is CCOc1ccccc1CNC(=O)c1coc(C(N)CC(C)C)n1. The van der Waals surface area contributed by atoms with Crippen molar-refractivity contribution in [2.75, 3.05) is 6.61 Å². The van der Waals surface area contributed by atoms with Crippen LogP contribution in [0.15, 0.2) is 34.9 Å². The molecule has 0 saturated heterocycles. The van der Waals surface area contributed by atoms with Crippen LogP contribution in [0, 0.1) is 5.92 Å². The number of nitrogens with two attached hydrogens (primary N) is 1. The van der Waals surface area contributed by atoms with E-state index in [4.69, 9.17) is 14.9 Å². The molecule has 130 valence electrons. The first kappa shape index (κ1) is 18.0. The van der Waals surface area contributed by atoms with Gasteiger partial charge in [0.25, 0.3) is 5.91 Å². The zero-order chi connectivity index (χ0) is 17.5. The Morgan fingerprint density at radius 2 is 2.12 bits per heavy atom. The number of ether oxygens (including phenoxy) is 1. The molecule has 1 atom stereocenters. The molecule has 0 fully saturated rings. The fraction of sp³-hybridized carbons (Fsp3) is 0.444. The summed E-state index contributed by atoms with van der Waals surface area (Å²) < 4.78 is 10.9. The van der Waals surface area contributed by atoms with E-state index < -0.39 is 0 Å². The van der Waals surface area contributed by atoms with Gasteiger partial charge >= 0.3 is 0 Å². The van der Waals surface area contributed by atoms with Gasteiger partial charge in [0.15, 0.2) is 5.69 Å². The number of aromatic nitrogens is 1. The first-order valence-electron chi connectivity index (χ1n) is 8.21. The van der Waals surface area contributed by atoms with Crippen molar-refractivity contribution < 1.29 is 13.9 Å². The summed E-state index contributed by atoms with van der Waals surface area (Å²) in [6, 6.07) is 7.30. The highest BCUT2D eigenvalue weighted by Gasteiger charge is 2.18. The number of nitrogens with zero attached hydrogens (tertiary/aromatic N) is 1. The van der Waals surface area contributed by atoms with Gasteiger partial charge < -0.3 is 20.2 Å². The summed E-state index contributed by atoms with van der Waals surface area (Å²) in [5.74, 6) is 1.29. The van der Waals surface area contributed by atoms with Crippen LogP contribution in [0.4, 0.5) is 0 Å². The predicted molar refractivity (Wildman–Crippen MR) is 91.7 cm³/mol. The Hall–Kier alpha value is -2.34. The average molecular weight is 331 g/mol. The number of para-hydroxylation sites is 1. The topological polar surface area (TPSA) is 90.4 Å². The summed E-state index contributed by atoms with van der Waals surface area (Å²) >= 11 is 0. The van der Waals surface area contributed by atoms with Gasteiger partial charge in [-0.3, -0.25) is 4.79 Å². The molecule has 1 amide bonds. The molecule has 0 aliphatic rings. The Bertz CT molecular complexity index is 667. The van der Waals surface area contributed by atoms with E-state index in [1.165, 1.54) is 6.26 Å². The lowest BCUT2D eigenvalue weighted by atomic mass is 10.0. The highest BCUT2D eigenvalue weighted by atomic mass is 16.5. The van der Waals surface area contributed by atoms with Gasteiger partial charge in [-0.1, -0.05) is 32.0 Å². The van der Waals surface area contributed by atoms with Crippen LogP contribution in [0.3, 0.4) is 0 Å². The summed E-state index contributed by atoms with van der Waals surface area (Å²) in [7, 11) is 0. The number of oxazole rings is 1. The Balaban J connectivity index is 1.97. The second-order valence-corrected chi connectivity index (χ2v) is 6.03. The zero-order valence-electron chi connectivity index (χ0n) is 14.4. The molecule has 1 unspecified atom stereocenters. The quantitative estimate of drug-likeness (QED) is 0.776. The molecule has 0 bridgehead atoms. The predicted octanol–water partition coefficient (Wildman–Crippen LogP) is 3.05. The third-order valence-corrected chi connectivity index (χ3v) is 3.51.